The largest absolute Gasteiger partial charge is 0.390 e. The molecule has 0 bridgehead atoms. The lowest BCUT2D eigenvalue weighted by Gasteiger charge is -2.35. The van der Waals surface area contributed by atoms with E-state index in [1.807, 2.05) is 25.2 Å². The first-order valence-electron chi connectivity index (χ1n) is 7.89. The van der Waals surface area contributed by atoms with Crippen molar-refractivity contribution in [1.29, 1.82) is 5.26 Å². The predicted octanol–water partition coefficient (Wildman–Crippen LogP) is 0.620. The van der Waals surface area contributed by atoms with Crippen LogP contribution in [0.5, 0.6) is 0 Å². The van der Waals surface area contributed by atoms with Crippen molar-refractivity contribution in [2.75, 3.05) is 52.9 Å². The third kappa shape index (κ3) is 5.74. The second kappa shape index (κ2) is 8.86. The molecule has 1 unspecified atom stereocenters. The van der Waals surface area contributed by atoms with Gasteiger partial charge in [-0.2, -0.15) is 5.26 Å². The van der Waals surface area contributed by atoms with Gasteiger partial charge in [0.25, 0.3) is 0 Å². The summed E-state index contributed by atoms with van der Waals surface area (Å²) in [6.07, 6.45) is -0.337. The monoisotopic (exact) mass is 302 g/mol. The first-order chi connectivity index (χ1) is 10.7. The molecule has 0 aromatic heterocycles. The quantitative estimate of drug-likeness (QED) is 0.748. The highest BCUT2D eigenvalue weighted by atomic mass is 16.3. The number of hydrogen-bond donors (Lipinski definition) is 1. The summed E-state index contributed by atoms with van der Waals surface area (Å²) in [5.41, 5.74) is 1.27. The Morgan fingerprint density at radius 3 is 2.45 bits per heavy atom. The zero-order valence-electron chi connectivity index (χ0n) is 13.4. The number of β-amino-alcohol motifs (C(OH)–C–C–N with tert-alkyl or cyclic N) is 1. The summed E-state index contributed by atoms with van der Waals surface area (Å²) in [5.74, 6) is 0. The average Bonchev–Trinajstić information content (AvgIpc) is 2.50. The van der Waals surface area contributed by atoms with Gasteiger partial charge in [0, 0.05) is 45.8 Å². The normalized spacial score (nSPS) is 18.3. The van der Waals surface area contributed by atoms with E-state index in [1.165, 1.54) is 5.56 Å². The van der Waals surface area contributed by atoms with Crippen molar-refractivity contribution in [3.63, 3.8) is 0 Å². The van der Waals surface area contributed by atoms with E-state index in [2.05, 4.69) is 32.9 Å². The van der Waals surface area contributed by atoms with Gasteiger partial charge >= 0.3 is 0 Å². The Morgan fingerprint density at radius 2 is 1.82 bits per heavy atom. The van der Waals surface area contributed by atoms with Gasteiger partial charge < -0.3 is 5.11 Å². The molecule has 1 aromatic rings. The maximum Gasteiger partial charge on any atom is 0.0866 e. The lowest BCUT2D eigenvalue weighted by Crippen LogP contribution is -2.49. The smallest absolute Gasteiger partial charge is 0.0866 e. The van der Waals surface area contributed by atoms with E-state index in [-0.39, 0.29) is 6.10 Å². The van der Waals surface area contributed by atoms with Crippen LogP contribution in [0.1, 0.15) is 5.56 Å². The molecular formula is C17H26N4O. The molecular weight excluding hydrogens is 276 g/mol. The maximum atomic E-state index is 10.3. The minimum atomic E-state index is -0.337. The van der Waals surface area contributed by atoms with Crippen LogP contribution in [-0.2, 0) is 6.54 Å². The summed E-state index contributed by atoms with van der Waals surface area (Å²) in [7, 11) is 2.04. The summed E-state index contributed by atoms with van der Waals surface area (Å²) in [5, 5.41) is 19.0. The number of nitriles is 1. The molecule has 5 nitrogen and oxygen atoms in total. The summed E-state index contributed by atoms with van der Waals surface area (Å²) in [6.45, 7) is 6.44. The summed E-state index contributed by atoms with van der Waals surface area (Å²) < 4.78 is 0. The molecule has 1 aliphatic rings. The third-order valence-electron chi connectivity index (χ3n) is 4.05. The number of rotatable bonds is 7. The van der Waals surface area contributed by atoms with E-state index in [9.17, 15) is 5.11 Å². The fraction of sp³-hybridized carbons (Fsp3) is 0.588. The van der Waals surface area contributed by atoms with Crippen LogP contribution in [0.3, 0.4) is 0 Å². The molecule has 1 aromatic carbocycles. The lowest BCUT2D eigenvalue weighted by molar-refractivity contribution is 0.0570. The summed E-state index contributed by atoms with van der Waals surface area (Å²) >= 11 is 0. The highest BCUT2D eigenvalue weighted by Gasteiger charge is 2.19. The van der Waals surface area contributed by atoms with Gasteiger partial charge in [0.15, 0.2) is 0 Å². The number of aliphatic hydroxyl groups excluding tert-OH is 1. The average molecular weight is 302 g/mol. The van der Waals surface area contributed by atoms with E-state index in [0.29, 0.717) is 19.6 Å². The number of aliphatic hydroxyl groups is 1. The van der Waals surface area contributed by atoms with Gasteiger partial charge in [0.1, 0.15) is 0 Å². The highest BCUT2D eigenvalue weighted by Crippen LogP contribution is 2.06. The molecule has 0 amide bonds. The van der Waals surface area contributed by atoms with Crippen molar-refractivity contribution in [3.05, 3.63) is 35.9 Å². The van der Waals surface area contributed by atoms with Crippen LogP contribution in [0.2, 0.25) is 0 Å². The van der Waals surface area contributed by atoms with E-state index in [4.69, 9.17) is 5.26 Å². The van der Waals surface area contributed by atoms with Crippen molar-refractivity contribution in [1.82, 2.24) is 14.7 Å². The Hall–Kier alpha value is -1.45. The standard InChI is InChI=1S/C17H26N4O/c1-19(13-16-5-3-2-4-6-16)14-17(22)15-21-11-9-20(8-7-18)10-12-21/h2-6,17,22H,8-15H2,1H3. The number of benzene rings is 1. The SMILES string of the molecule is CN(Cc1ccccc1)CC(O)CN1CCN(CC#N)CC1. The van der Waals surface area contributed by atoms with Crippen LogP contribution in [0.15, 0.2) is 30.3 Å². The van der Waals surface area contributed by atoms with Crippen molar-refractivity contribution in [2.24, 2.45) is 0 Å². The van der Waals surface area contributed by atoms with Gasteiger partial charge in [-0.1, -0.05) is 30.3 Å². The van der Waals surface area contributed by atoms with Crippen molar-refractivity contribution < 1.29 is 5.11 Å². The molecule has 0 radical (unpaired) electrons. The molecule has 2 rings (SSSR count). The van der Waals surface area contributed by atoms with Crippen molar-refractivity contribution in [3.8, 4) is 6.07 Å². The first-order valence-corrected chi connectivity index (χ1v) is 7.89. The number of hydrogen-bond acceptors (Lipinski definition) is 5. The van der Waals surface area contributed by atoms with E-state index in [0.717, 1.165) is 32.7 Å². The summed E-state index contributed by atoms with van der Waals surface area (Å²) in [6, 6.07) is 12.5. The topological polar surface area (TPSA) is 53.7 Å². The van der Waals surface area contributed by atoms with Crippen LogP contribution < -0.4 is 0 Å². The molecule has 1 aliphatic heterocycles. The van der Waals surface area contributed by atoms with Gasteiger partial charge in [-0.05, 0) is 12.6 Å². The molecule has 5 heteroatoms. The fourth-order valence-corrected chi connectivity index (χ4v) is 2.91. The molecule has 0 saturated carbocycles. The van der Waals surface area contributed by atoms with Crippen LogP contribution in [0.25, 0.3) is 0 Å². The van der Waals surface area contributed by atoms with Crippen molar-refractivity contribution in [2.45, 2.75) is 12.6 Å². The van der Waals surface area contributed by atoms with Crippen LogP contribution >= 0.6 is 0 Å². The number of nitrogens with zero attached hydrogens (tertiary/aromatic N) is 4. The van der Waals surface area contributed by atoms with Gasteiger partial charge in [-0.3, -0.25) is 14.7 Å². The molecule has 120 valence electrons. The van der Waals surface area contributed by atoms with Crippen molar-refractivity contribution >= 4 is 0 Å². The molecule has 0 aliphatic carbocycles. The van der Waals surface area contributed by atoms with Crippen LogP contribution in [-0.4, -0.2) is 78.8 Å². The van der Waals surface area contributed by atoms with Crippen LogP contribution in [0, 0.1) is 11.3 Å². The molecule has 0 spiro atoms. The van der Waals surface area contributed by atoms with Gasteiger partial charge in [-0.15, -0.1) is 0 Å². The Morgan fingerprint density at radius 1 is 1.18 bits per heavy atom. The van der Waals surface area contributed by atoms with Gasteiger partial charge in [0.2, 0.25) is 0 Å². The van der Waals surface area contributed by atoms with Gasteiger partial charge in [0.05, 0.1) is 18.7 Å². The van der Waals surface area contributed by atoms with E-state index < -0.39 is 0 Å². The van der Waals surface area contributed by atoms with Crippen LogP contribution in [0.4, 0.5) is 0 Å². The number of likely N-dealkylation sites (N-methyl/N-ethyl adjacent to an activating group) is 1. The molecule has 1 N–H and O–H groups in total. The number of piperazine rings is 1. The molecule has 1 heterocycles. The minimum Gasteiger partial charge on any atom is -0.390 e. The Labute approximate surface area is 133 Å². The summed E-state index contributed by atoms with van der Waals surface area (Å²) in [4.78, 5) is 6.60. The van der Waals surface area contributed by atoms with E-state index in [1.54, 1.807) is 0 Å². The second-order valence-corrected chi connectivity index (χ2v) is 6.07. The Kier molecular flexibility index (Phi) is 6.81. The lowest BCUT2D eigenvalue weighted by atomic mass is 10.2. The van der Waals surface area contributed by atoms with Gasteiger partial charge in [-0.25, -0.2) is 0 Å². The molecule has 1 atom stereocenters. The zero-order chi connectivity index (χ0) is 15.8. The Bertz CT molecular complexity index is 465. The fourth-order valence-electron chi connectivity index (χ4n) is 2.91. The molecule has 22 heavy (non-hydrogen) atoms. The first kappa shape index (κ1) is 16.9. The van der Waals surface area contributed by atoms with E-state index >= 15 is 0 Å². The highest BCUT2D eigenvalue weighted by molar-refractivity contribution is 5.14. The zero-order valence-corrected chi connectivity index (χ0v) is 13.4. The molecule has 1 saturated heterocycles. The second-order valence-electron chi connectivity index (χ2n) is 6.07. The maximum absolute atomic E-state index is 10.3. The minimum absolute atomic E-state index is 0.337. The predicted molar refractivity (Wildman–Crippen MR) is 87.3 cm³/mol. The Balaban J connectivity index is 1.67. The molecule has 1 fully saturated rings. The third-order valence-corrected chi connectivity index (χ3v) is 4.05.